The molecule has 0 unspecified atom stereocenters. The van der Waals surface area contributed by atoms with E-state index in [0.717, 1.165) is 12.4 Å². The van der Waals surface area contributed by atoms with Gasteiger partial charge in [0.1, 0.15) is 24.0 Å². The van der Waals surface area contributed by atoms with Crippen molar-refractivity contribution in [2.24, 2.45) is 5.73 Å². The number of rotatable bonds is 5. The van der Waals surface area contributed by atoms with Crippen LogP contribution in [0.2, 0.25) is 0 Å². The van der Waals surface area contributed by atoms with Gasteiger partial charge in [0.2, 0.25) is 0 Å². The van der Waals surface area contributed by atoms with Gasteiger partial charge in [-0.05, 0) is 19.1 Å². The molecule has 94 valence electrons. The summed E-state index contributed by atoms with van der Waals surface area (Å²) in [5.41, 5.74) is 6.12. The van der Waals surface area contributed by atoms with E-state index in [1.165, 1.54) is 0 Å². The van der Waals surface area contributed by atoms with Gasteiger partial charge in [0, 0.05) is 12.4 Å². The molecule has 0 amide bonds. The second-order valence-electron chi connectivity index (χ2n) is 3.93. The monoisotopic (exact) mass is 244 g/mol. The first-order valence-electron chi connectivity index (χ1n) is 5.72. The number of ether oxygens (including phenoxy) is 1. The molecule has 1 aromatic carbocycles. The fraction of sp³-hybridized carbons (Fsp3) is 0.231. The smallest absolute Gasteiger partial charge is 0.130 e. The van der Waals surface area contributed by atoms with E-state index in [9.17, 15) is 0 Å². The summed E-state index contributed by atoms with van der Waals surface area (Å²) in [4.78, 5) is 4.14. The van der Waals surface area contributed by atoms with Crippen LogP contribution in [0.3, 0.4) is 0 Å². The van der Waals surface area contributed by atoms with Gasteiger partial charge >= 0.3 is 0 Å². The standard InChI is InChI=1S/C13H16N4O/c1-10-16-6-7-17(10)8-9-18-12-5-3-2-4-11(12)13(14)15/h2-7H,8-9H2,1H3,(H3,14,15). The van der Waals surface area contributed by atoms with E-state index in [2.05, 4.69) is 4.98 Å². The quantitative estimate of drug-likeness (QED) is 0.619. The average Bonchev–Trinajstić information content (AvgIpc) is 2.76. The number of nitrogens with zero attached hydrogens (tertiary/aromatic N) is 2. The van der Waals surface area contributed by atoms with Gasteiger partial charge in [0.05, 0.1) is 12.1 Å². The average molecular weight is 244 g/mol. The first kappa shape index (κ1) is 12.2. The van der Waals surface area contributed by atoms with E-state index >= 15 is 0 Å². The molecule has 18 heavy (non-hydrogen) atoms. The lowest BCUT2D eigenvalue weighted by atomic mass is 10.2. The van der Waals surface area contributed by atoms with Crippen LogP contribution in [-0.4, -0.2) is 22.0 Å². The summed E-state index contributed by atoms with van der Waals surface area (Å²) < 4.78 is 7.67. The largest absolute Gasteiger partial charge is 0.491 e. The summed E-state index contributed by atoms with van der Waals surface area (Å²) in [7, 11) is 0. The number of aryl methyl sites for hydroxylation is 1. The Kier molecular flexibility index (Phi) is 3.62. The minimum atomic E-state index is 0.0180. The molecule has 0 saturated carbocycles. The number of hydrogen-bond donors (Lipinski definition) is 2. The number of imidazole rings is 1. The second-order valence-corrected chi connectivity index (χ2v) is 3.93. The zero-order valence-electron chi connectivity index (χ0n) is 10.3. The maximum absolute atomic E-state index is 7.47. The Morgan fingerprint density at radius 3 is 2.89 bits per heavy atom. The number of hydrogen-bond acceptors (Lipinski definition) is 3. The number of para-hydroxylation sites is 1. The molecular formula is C13H16N4O. The predicted octanol–water partition coefficient (Wildman–Crippen LogP) is 1.55. The topological polar surface area (TPSA) is 76.9 Å². The van der Waals surface area contributed by atoms with Gasteiger partial charge in [-0.25, -0.2) is 4.98 Å². The van der Waals surface area contributed by atoms with E-state index in [1.54, 1.807) is 12.3 Å². The molecule has 2 rings (SSSR count). The van der Waals surface area contributed by atoms with Gasteiger partial charge in [-0.1, -0.05) is 12.1 Å². The molecule has 0 spiro atoms. The normalized spacial score (nSPS) is 10.3. The molecule has 3 N–H and O–H groups in total. The van der Waals surface area contributed by atoms with E-state index in [4.69, 9.17) is 15.9 Å². The van der Waals surface area contributed by atoms with Crippen molar-refractivity contribution in [1.29, 1.82) is 5.41 Å². The fourth-order valence-corrected chi connectivity index (χ4v) is 1.71. The van der Waals surface area contributed by atoms with Crippen molar-refractivity contribution in [2.75, 3.05) is 6.61 Å². The minimum absolute atomic E-state index is 0.0180. The molecule has 1 aromatic heterocycles. The molecule has 1 heterocycles. The Morgan fingerprint density at radius 1 is 1.44 bits per heavy atom. The van der Waals surface area contributed by atoms with Gasteiger partial charge < -0.3 is 15.0 Å². The molecule has 0 bridgehead atoms. The molecule has 0 saturated heterocycles. The van der Waals surface area contributed by atoms with Gasteiger partial charge in [-0.3, -0.25) is 5.41 Å². The van der Waals surface area contributed by atoms with Crippen molar-refractivity contribution >= 4 is 5.84 Å². The second kappa shape index (κ2) is 5.35. The molecule has 0 aliphatic carbocycles. The molecule has 5 heteroatoms. The Hall–Kier alpha value is -2.30. The van der Waals surface area contributed by atoms with Crippen LogP contribution in [0.15, 0.2) is 36.7 Å². The Bertz CT molecular complexity index is 547. The molecule has 0 aliphatic heterocycles. The lowest BCUT2D eigenvalue weighted by molar-refractivity contribution is 0.296. The van der Waals surface area contributed by atoms with Crippen molar-refractivity contribution in [2.45, 2.75) is 13.5 Å². The van der Waals surface area contributed by atoms with Crippen LogP contribution in [0.5, 0.6) is 5.75 Å². The summed E-state index contributed by atoms with van der Waals surface area (Å²) in [5.74, 6) is 1.62. The van der Waals surface area contributed by atoms with Gasteiger partial charge in [0.15, 0.2) is 0 Å². The maximum atomic E-state index is 7.47. The summed E-state index contributed by atoms with van der Waals surface area (Å²) >= 11 is 0. The summed E-state index contributed by atoms with van der Waals surface area (Å²) in [6.07, 6.45) is 3.68. The third-order valence-electron chi connectivity index (χ3n) is 2.69. The highest BCUT2D eigenvalue weighted by Gasteiger charge is 2.05. The van der Waals surface area contributed by atoms with Gasteiger partial charge in [-0.2, -0.15) is 0 Å². The molecule has 0 radical (unpaired) electrons. The highest BCUT2D eigenvalue weighted by molar-refractivity contribution is 5.97. The van der Waals surface area contributed by atoms with E-state index < -0.39 is 0 Å². The molecule has 0 fully saturated rings. The van der Waals surface area contributed by atoms with Crippen LogP contribution >= 0.6 is 0 Å². The van der Waals surface area contributed by atoms with Crippen molar-refractivity contribution in [3.8, 4) is 5.75 Å². The molecule has 0 aliphatic rings. The zero-order chi connectivity index (χ0) is 13.0. The number of benzene rings is 1. The number of aromatic nitrogens is 2. The van der Waals surface area contributed by atoms with Gasteiger partial charge in [-0.15, -0.1) is 0 Å². The van der Waals surface area contributed by atoms with E-state index in [0.29, 0.717) is 17.9 Å². The predicted molar refractivity (Wildman–Crippen MR) is 69.9 cm³/mol. The number of nitrogen functional groups attached to an aromatic ring is 1. The summed E-state index contributed by atoms with van der Waals surface area (Å²) in [6.45, 7) is 3.18. The molecule has 2 aromatic rings. The van der Waals surface area contributed by atoms with Crippen molar-refractivity contribution in [1.82, 2.24) is 9.55 Å². The number of nitrogens with two attached hydrogens (primary N) is 1. The van der Waals surface area contributed by atoms with Crippen LogP contribution in [-0.2, 0) is 6.54 Å². The van der Waals surface area contributed by atoms with Crippen molar-refractivity contribution in [3.05, 3.63) is 48.0 Å². The molecule has 0 atom stereocenters. The molecule has 5 nitrogen and oxygen atoms in total. The summed E-state index contributed by atoms with van der Waals surface area (Å²) in [5, 5.41) is 7.47. The van der Waals surface area contributed by atoms with Crippen LogP contribution in [0.1, 0.15) is 11.4 Å². The summed E-state index contributed by atoms with van der Waals surface area (Å²) in [6, 6.07) is 7.30. The van der Waals surface area contributed by atoms with Gasteiger partial charge in [0.25, 0.3) is 0 Å². The number of amidine groups is 1. The lowest BCUT2D eigenvalue weighted by Crippen LogP contribution is -2.15. The maximum Gasteiger partial charge on any atom is 0.130 e. The fourth-order valence-electron chi connectivity index (χ4n) is 1.71. The van der Waals surface area contributed by atoms with Crippen LogP contribution in [0, 0.1) is 12.3 Å². The third kappa shape index (κ3) is 2.68. The SMILES string of the molecule is Cc1nccn1CCOc1ccccc1C(=N)N. The van der Waals surface area contributed by atoms with Crippen LogP contribution < -0.4 is 10.5 Å². The third-order valence-corrected chi connectivity index (χ3v) is 2.69. The first-order valence-corrected chi connectivity index (χ1v) is 5.72. The van der Waals surface area contributed by atoms with Crippen molar-refractivity contribution < 1.29 is 4.74 Å². The first-order chi connectivity index (χ1) is 8.68. The van der Waals surface area contributed by atoms with E-state index in [-0.39, 0.29) is 5.84 Å². The Morgan fingerprint density at radius 2 is 2.22 bits per heavy atom. The highest BCUT2D eigenvalue weighted by Crippen LogP contribution is 2.17. The van der Waals surface area contributed by atoms with Crippen LogP contribution in [0.4, 0.5) is 0 Å². The van der Waals surface area contributed by atoms with Crippen molar-refractivity contribution in [3.63, 3.8) is 0 Å². The van der Waals surface area contributed by atoms with E-state index in [1.807, 2.05) is 35.9 Å². The lowest BCUT2D eigenvalue weighted by Gasteiger charge is -2.11. The zero-order valence-corrected chi connectivity index (χ0v) is 10.3. The number of nitrogens with one attached hydrogen (secondary N) is 1. The highest BCUT2D eigenvalue weighted by atomic mass is 16.5. The Labute approximate surface area is 106 Å². The molecular weight excluding hydrogens is 228 g/mol. The Balaban J connectivity index is 1.99. The van der Waals surface area contributed by atoms with Crippen LogP contribution in [0.25, 0.3) is 0 Å². The minimum Gasteiger partial charge on any atom is -0.491 e.